The van der Waals surface area contributed by atoms with Crippen molar-refractivity contribution in [1.29, 1.82) is 0 Å². The van der Waals surface area contributed by atoms with Crippen molar-refractivity contribution in [2.45, 2.75) is 71.8 Å². The van der Waals surface area contributed by atoms with Gasteiger partial charge in [-0.05, 0) is 63.5 Å². The number of ether oxygens (including phenoxy) is 2. The number of aryl methyl sites for hydroxylation is 1. The normalized spacial score (nSPS) is 27.1. The summed E-state index contributed by atoms with van der Waals surface area (Å²) in [5.41, 5.74) is 2.50. The molecule has 2 bridgehead atoms. The minimum absolute atomic E-state index is 0.00914. The van der Waals surface area contributed by atoms with E-state index in [1.807, 2.05) is 33.9 Å². The number of benzene rings is 1. The zero-order valence-electron chi connectivity index (χ0n) is 20.3. The van der Waals surface area contributed by atoms with E-state index in [2.05, 4.69) is 4.98 Å². The molecule has 1 aromatic heterocycles. The second-order valence-corrected chi connectivity index (χ2v) is 11.8. The number of aromatic nitrogens is 1. The number of aromatic amines is 1. The largest absolute Gasteiger partial charge is 0.460 e. The first kappa shape index (κ1) is 23.2. The quantitative estimate of drug-likeness (QED) is 0.366. The molecule has 0 spiro atoms. The number of esters is 2. The molecule has 1 atom stereocenters. The molecule has 1 aromatic carbocycles. The fraction of sp³-hybridized carbons (Fsp3) is 0.577. The van der Waals surface area contributed by atoms with Gasteiger partial charge >= 0.3 is 11.9 Å². The number of nitrogens with one attached hydrogen (secondary N) is 1. The van der Waals surface area contributed by atoms with Crippen LogP contribution >= 0.6 is 11.6 Å². The Balaban J connectivity index is 1.39. The molecule has 1 amide bonds. The molecule has 0 saturated heterocycles. The van der Waals surface area contributed by atoms with Gasteiger partial charge in [0.2, 0.25) is 5.91 Å². The summed E-state index contributed by atoms with van der Waals surface area (Å²) in [6.45, 7) is 9.48. The Morgan fingerprint density at radius 3 is 2.50 bits per heavy atom. The van der Waals surface area contributed by atoms with Crippen LogP contribution in [0.5, 0.6) is 5.75 Å². The van der Waals surface area contributed by atoms with Gasteiger partial charge in [0.15, 0.2) is 5.75 Å². The van der Waals surface area contributed by atoms with E-state index >= 15 is 0 Å². The van der Waals surface area contributed by atoms with Gasteiger partial charge in [-0.2, -0.15) is 0 Å². The topological polar surface area (TPSA) is 88.7 Å². The van der Waals surface area contributed by atoms with Gasteiger partial charge in [-0.15, -0.1) is 11.6 Å². The SMILES string of the molecule is CC(=O)Oc1cc2c(c3c(C)c[nH]c13)C(CCl)CN2C(=O)CC12CC(C(=O)OC(C)(C)C)(C1)C2. The summed E-state index contributed by atoms with van der Waals surface area (Å²) >= 11 is 6.35. The first-order valence-corrected chi connectivity index (χ1v) is 12.3. The Bertz CT molecular complexity index is 1200. The number of nitrogens with zero attached hydrogens (tertiary/aromatic N) is 1. The highest BCUT2D eigenvalue weighted by Gasteiger charge is 2.72. The summed E-state index contributed by atoms with van der Waals surface area (Å²) in [5, 5.41) is 0.962. The molecule has 1 aliphatic heterocycles. The number of alkyl halides is 1. The zero-order chi connectivity index (χ0) is 24.6. The summed E-state index contributed by atoms with van der Waals surface area (Å²) in [4.78, 5) is 42.9. The van der Waals surface area contributed by atoms with Gasteiger partial charge in [-0.25, -0.2) is 0 Å². The second-order valence-electron chi connectivity index (χ2n) is 11.5. The smallest absolute Gasteiger partial charge is 0.312 e. The third-order valence-corrected chi connectivity index (χ3v) is 7.85. The number of H-pyrrole nitrogens is 1. The van der Waals surface area contributed by atoms with Crippen LogP contribution in [0, 0.1) is 17.8 Å². The van der Waals surface area contributed by atoms with E-state index in [0.717, 1.165) is 27.7 Å². The maximum Gasteiger partial charge on any atom is 0.312 e. The summed E-state index contributed by atoms with van der Waals surface area (Å²) < 4.78 is 11.1. The van der Waals surface area contributed by atoms with E-state index < -0.39 is 17.0 Å². The van der Waals surface area contributed by atoms with E-state index in [4.69, 9.17) is 21.1 Å². The summed E-state index contributed by atoms with van der Waals surface area (Å²) in [6.07, 6.45) is 4.38. The third-order valence-electron chi connectivity index (χ3n) is 7.48. The first-order valence-electron chi connectivity index (χ1n) is 11.8. The van der Waals surface area contributed by atoms with Crippen LogP contribution in [0.25, 0.3) is 10.9 Å². The second kappa shape index (κ2) is 7.48. The van der Waals surface area contributed by atoms with Crippen molar-refractivity contribution in [3.05, 3.63) is 23.4 Å². The molecule has 7 nitrogen and oxygen atoms in total. The molecule has 0 radical (unpaired) electrons. The molecule has 34 heavy (non-hydrogen) atoms. The Labute approximate surface area is 204 Å². The average molecular weight is 487 g/mol. The lowest BCUT2D eigenvalue weighted by molar-refractivity contribution is -0.236. The maximum absolute atomic E-state index is 13.5. The number of halogens is 1. The molecule has 1 unspecified atom stereocenters. The monoisotopic (exact) mass is 486 g/mol. The van der Waals surface area contributed by atoms with Crippen LogP contribution in [-0.2, 0) is 19.1 Å². The predicted molar refractivity (Wildman–Crippen MR) is 129 cm³/mol. The van der Waals surface area contributed by atoms with Crippen LogP contribution in [-0.4, -0.2) is 40.9 Å². The Hall–Kier alpha value is -2.54. The van der Waals surface area contributed by atoms with Gasteiger partial charge < -0.3 is 19.4 Å². The molecule has 1 N–H and O–H groups in total. The van der Waals surface area contributed by atoms with Crippen molar-refractivity contribution >= 4 is 46.0 Å². The molecule has 8 heteroatoms. The number of fused-ring (bicyclic) bond motifs is 3. The van der Waals surface area contributed by atoms with Crippen molar-refractivity contribution in [3.63, 3.8) is 0 Å². The van der Waals surface area contributed by atoms with Crippen molar-refractivity contribution in [2.24, 2.45) is 10.8 Å². The van der Waals surface area contributed by atoms with Gasteiger partial charge in [-0.1, -0.05) is 0 Å². The van der Waals surface area contributed by atoms with Crippen LogP contribution in [0.4, 0.5) is 5.69 Å². The first-order chi connectivity index (χ1) is 15.9. The lowest BCUT2D eigenvalue weighted by Gasteiger charge is -2.69. The van der Waals surface area contributed by atoms with Gasteiger partial charge in [0.1, 0.15) is 5.60 Å². The van der Waals surface area contributed by atoms with Gasteiger partial charge in [-0.3, -0.25) is 14.4 Å². The zero-order valence-corrected chi connectivity index (χ0v) is 21.1. The fourth-order valence-corrected chi connectivity index (χ4v) is 6.57. The number of carbonyl (C=O) groups excluding carboxylic acids is 3. The molecular formula is C26H31ClN2O5. The van der Waals surface area contributed by atoms with Crippen molar-refractivity contribution in [2.75, 3.05) is 17.3 Å². The number of hydrogen-bond acceptors (Lipinski definition) is 5. The lowest BCUT2D eigenvalue weighted by atomic mass is 9.34. The standard InChI is InChI=1S/C26H31ClN2O5/c1-14-9-28-22-18(33-15(2)30)6-17-21(20(14)22)16(8-27)10-29(17)19(31)7-25-11-26(12-25,13-25)23(32)34-24(3,4)5/h6,9,16,28H,7-8,10-13H2,1-5H3. The Morgan fingerprint density at radius 1 is 1.24 bits per heavy atom. The third kappa shape index (κ3) is 3.51. The maximum atomic E-state index is 13.5. The van der Waals surface area contributed by atoms with E-state index in [9.17, 15) is 14.4 Å². The number of carbonyl (C=O) groups is 3. The van der Waals surface area contributed by atoms with E-state index in [-0.39, 0.29) is 23.2 Å². The highest BCUT2D eigenvalue weighted by atomic mass is 35.5. The van der Waals surface area contributed by atoms with Crippen molar-refractivity contribution < 1.29 is 23.9 Å². The van der Waals surface area contributed by atoms with Crippen molar-refractivity contribution in [1.82, 2.24) is 4.98 Å². The molecule has 3 fully saturated rings. The molecule has 2 heterocycles. The van der Waals surface area contributed by atoms with E-state index in [1.165, 1.54) is 6.92 Å². The highest BCUT2D eigenvalue weighted by molar-refractivity contribution is 6.19. The molecular weight excluding hydrogens is 456 g/mol. The van der Waals surface area contributed by atoms with Gasteiger partial charge in [0.05, 0.1) is 16.6 Å². The van der Waals surface area contributed by atoms with Gasteiger partial charge in [0.25, 0.3) is 0 Å². The predicted octanol–water partition coefficient (Wildman–Crippen LogP) is 4.97. The summed E-state index contributed by atoms with van der Waals surface area (Å²) in [5.74, 6) is 0.254. The van der Waals surface area contributed by atoms with Crippen LogP contribution < -0.4 is 9.64 Å². The molecule has 3 saturated carbocycles. The molecule has 3 aliphatic carbocycles. The van der Waals surface area contributed by atoms with E-state index in [0.29, 0.717) is 43.9 Å². The number of rotatable bonds is 5. The minimum Gasteiger partial charge on any atom is -0.460 e. The Morgan fingerprint density at radius 2 is 1.91 bits per heavy atom. The molecule has 6 rings (SSSR count). The highest BCUT2D eigenvalue weighted by Crippen LogP contribution is 2.75. The molecule has 4 aliphatic rings. The molecule has 182 valence electrons. The van der Waals surface area contributed by atoms with Crippen LogP contribution in [0.15, 0.2) is 12.3 Å². The number of anilines is 1. The number of amides is 1. The van der Waals surface area contributed by atoms with Crippen molar-refractivity contribution in [3.8, 4) is 5.75 Å². The summed E-state index contributed by atoms with van der Waals surface area (Å²) in [6, 6.07) is 1.78. The lowest BCUT2D eigenvalue weighted by Crippen LogP contribution is -2.67. The minimum atomic E-state index is -0.507. The Kier molecular flexibility index (Phi) is 5.11. The van der Waals surface area contributed by atoms with Crippen LogP contribution in [0.3, 0.4) is 0 Å². The van der Waals surface area contributed by atoms with Gasteiger partial charge in [0, 0.05) is 49.3 Å². The van der Waals surface area contributed by atoms with E-state index in [1.54, 1.807) is 11.0 Å². The molecule has 2 aromatic rings. The van der Waals surface area contributed by atoms with Crippen LogP contribution in [0.1, 0.15) is 70.4 Å². The fourth-order valence-electron chi connectivity index (χ4n) is 6.31. The number of hydrogen-bond donors (Lipinski definition) is 1. The summed E-state index contributed by atoms with van der Waals surface area (Å²) in [7, 11) is 0. The van der Waals surface area contributed by atoms with Crippen LogP contribution in [0.2, 0.25) is 0 Å². The average Bonchev–Trinajstić information content (AvgIpc) is 3.22.